The molecule has 0 saturated heterocycles. The van der Waals surface area contributed by atoms with Gasteiger partial charge in [-0.2, -0.15) is 0 Å². The lowest BCUT2D eigenvalue weighted by atomic mass is 10.1. The van der Waals surface area contributed by atoms with Crippen molar-refractivity contribution in [2.24, 2.45) is 5.92 Å². The quantitative estimate of drug-likeness (QED) is 0.321. The molecule has 0 radical (unpaired) electrons. The maximum atomic E-state index is 14.0. The van der Waals surface area contributed by atoms with Crippen LogP contribution in [0.2, 0.25) is 5.02 Å². The number of nitrogens with one attached hydrogen (secondary N) is 1. The van der Waals surface area contributed by atoms with E-state index in [1.54, 1.807) is 67.6 Å². The van der Waals surface area contributed by atoms with Crippen molar-refractivity contribution in [1.82, 2.24) is 10.2 Å². The number of amides is 2. The molecule has 0 aliphatic rings. The third-order valence-electron chi connectivity index (χ3n) is 6.38. The van der Waals surface area contributed by atoms with Gasteiger partial charge in [0.15, 0.2) is 0 Å². The number of sulfonamides is 1. The van der Waals surface area contributed by atoms with Crippen LogP contribution in [0.1, 0.15) is 31.9 Å². The molecule has 0 bridgehead atoms. The van der Waals surface area contributed by atoms with Crippen molar-refractivity contribution in [2.45, 2.75) is 45.2 Å². The maximum Gasteiger partial charge on any atom is 0.264 e. The number of hydrogen-bond acceptors (Lipinski definition) is 5. The van der Waals surface area contributed by atoms with Gasteiger partial charge in [-0.25, -0.2) is 8.42 Å². The molecule has 2 amide bonds. The summed E-state index contributed by atoms with van der Waals surface area (Å²) in [5, 5.41) is 3.30. The highest BCUT2D eigenvalue weighted by Gasteiger charge is 2.33. The molecule has 0 aliphatic heterocycles. The first-order valence-corrected chi connectivity index (χ1v) is 14.8. The molecule has 1 unspecified atom stereocenters. The van der Waals surface area contributed by atoms with E-state index in [0.717, 1.165) is 9.87 Å². The predicted molar refractivity (Wildman–Crippen MR) is 158 cm³/mol. The van der Waals surface area contributed by atoms with Crippen molar-refractivity contribution < 1.29 is 22.7 Å². The topological polar surface area (TPSA) is 96.0 Å². The Kier molecular flexibility index (Phi) is 10.6. The Bertz CT molecular complexity index is 1430. The number of methoxy groups -OCH3 is 1. The van der Waals surface area contributed by atoms with Crippen molar-refractivity contribution in [2.75, 3.05) is 24.5 Å². The second-order valence-electron chi connectivity index (χ2n) is 9.95. The molecule has 3 aromatic rings. The molecule has 1 N–H and O–H groups in total. The van der Waals surface area contributed by atoms with E-state index >= 15 is 0 Å². The summed E-state index contributed by atoms with van der Waals surface area (Å²) in [4.78, 5) is 28.4. The lowest BCUT2D eigenvalue weighted by molar-refractivity contribution is -0.139. The molecule has 8 nitrogen and oxygen atoms in total. The van der Waals surface area contributed by atoms with Gasteiger partial charge in [0.1, 0.15) is 18.3 Å². The van der Waals surface area contributed by atoms with Gasteiger partial charge < -0.3 is 15.0 Å². The smallest absolute Gasteiger partial charge is 0.264 e. The molecule has 214 valence electrons. The van der Waals surface area contributed by atoms with E-state index in [4.69, 9.17) is 16.3 Å². The van der Waals surface area contributed by atoms with Gasteiger partial charge in [0.2, 0.25) is 11.8 Å². The van der Waals surface area contributed by atoms with Crippen LogP contribution in [-0.4, -0.2) is 51.4 Å². The number of halogens is 1. The van der Waals surface area contributed by atoms with Crippen LogP contribution in [0.4, 0.5) is 5.69 Å². The SMILES string of the molecule is COc1cccc(N(CC(=O)N(Cc2ccccc2Cl)C(C)C(=O)NCC(C)C)S(=O)(=O)c2ccc(C)cc2)c1. The second kappa shape index (κ2) is 13.7. The highest BCUT2D eigenvalue weighted by Crippen LogP contribution is 2.28. The fourth-order valence-electron chi connectivity index (χ4n) is 3.98. The number of anilines is 1. The zero-order chi connectivity index (χ0) is 29.4. The molecular weight excluding hydrogens is 550 g/mol. The summed E-state index contributed by atoms with van der Waals surface area (Å²) in [7, 11) is -2.69. The number of ether oxygens (including phenoxy) is 1. The van der Waals surface area contributed by atoms with Crippen LogP contribution < -0.4 is 14.4 Å². The van der Waals surface area contributed by atoms with E-state index in [0.29, 0.717) is 22.9 Å². The Hall–Kier alpha value is -3.56. The number of rotatable bonds is 12. The number of aryl methyl sites for hydroxylation is 1. The van der Waals surface area contributed by atoms with Gasteiger partial charge >= 0.3 is 0 Å². The number of benzene rings is 3. The van der Waals surface area contributed by atoms with Crippen molar-refractivity contribution in [3.8, 4) is 5.75 Å². The first kappa shape index (κ1) is 31.0. The third kappa shape index (κ3) is 7.76. The van der Waals surface area contributed by atoms with Crippen molar-refractivity contribution >= 4 is 39.1 Å². The third-order valence-corrected chi connectivity index (χ3v) is 8.54. The van der Waals surface area contributed by atoms with Crippen LogP contribution in [0.15, 0.2) is 77.7 Å². The summed E-state index contributed by atoms with van der Waals surface area (Å²) >= 11 is 6.40. The monoisotopic (exact) mass is 585 g/mol. The summed E-state index contributed by atoms with van der Waals surface area (Å²) in [6, 6.07) is 19.0. The zero-order valence-corrected chi connectivity index (χ0v) is 25.0. The molecule has 1 atom stereocenters. The fourth-order valence-corrected chi connectivity index (χ4v) is 5.58. The summed E-state index contributed by atoms with van der Waals surface area (Å²) < 4.78 is 34.2. The van der Waals surface area contributed by atoms with Gasteiger partial charge in [0.25, 0.3) is 10.0 Å². The minimum absolute atomic E-state index is 0.0191. The minimum atomic E-state index is -4.17. The van der Waals surface area contributed by atoms with Gasteiger partial charge in [-0.15, -0.1) is 0 Å². The summed E-state index contributed by atoms with van der Waals surface area (Å²) in [6.45, 7) is 7.34. The normalized spacial score (nSPS) is 12.1. The van der Waals surface area contributed by atoms with Gasteiger partial charge in [0, 0.05) is 24.2 Å². The molecule has 10 heteroatoms. The molecule has 0 aromatic heterocycles. The zero-order valence-electron chi connectivity index (χ0n) is 23.4. The summed E-state index contributed by atoms with van der Waals surface area (Å²) in [6.07, 6.45) is 0. The van der Waals surface area contributed by atoms with Crippen LogP contribution in [-0.2, 0) is 26.2 Å². The number of carbonyl (C=O) groups is 2. The highest BCUT2D eigenvalue weighted by atomic mass is 35.5. The van der Waals surface area contributed by atoms with E-state index < -0.39 is 28.5 Å². The van der Waals surface area contributed by atoms with Crippen LogP contribution in [0.5, 0.6) is 5.75 Å². The lowest BCUT2D eigenvalue weighted by Crippen LogP contribution is -2.51. The highest BCUT2D eigenvalue weighted by molar-refractivity contribution is 7.92. The molecule has 0 saturated carbocycles. The lowest BCUT2D eigenvalue weighted by Gasteiger charge is -2.32. The van der Waals surface area contributed by atoms with Crippen LogP contribution in [0.25, 0.3) is 0 Å². The number of carbonyl (C=O) groups excluding carboxylic acids is 2. The standard InChI is InChI=1S/C30H36ClN3O5S/c1-21(2)18-32-30(36)23(4)33(19-24-9-6-7-12-28(24)31)29(35)20-34(25-10-8-11-26(17-25)39-5)40(37,38)27-15-13-22(3)14-16-27/h6-17,21,23H,18-20H2,1-5H3,(H,32,36). The predicted octanol–water partition coefficient (Wildman–Crippen LogP) is 5.04. The van der Waals surface area contributed by atoms with Crippen molar-refractivity contribution in [3.63, 3.8) is 0 Å². The van der Waals surface area contributed by atoms with E-state index in [1.807, 2.05) is 20.8 Å². The molecular formula is C30H36ClN3O5S. The number of nitrogens with zero attached hydrogens (tertiary/aromatic N) is 2. The molecule has 0 spiro atoms. The van der Waals surface area contributed by atoms with Crippen LogP contribution in [0, 0.1) is 12.8 Å². The van der Waals surface area contributed by atoms with Crippen LogP contribution in [0.3, 0.4) is 0 Å². The molecule has 3 aromatic carbocycles. The second-order valence-corrected chi connectivity index (χ2v) is 12.2. The largest absolute Gasteiger partial charge is 0.497 e. The molecule has 0 aliphatic carbocycles. The minimum Gasteiger partial charge on any atom is -0.497 e. The Morgan fingerprint density at radius 2 is 1.65 bits per heavy atom. The molecule has 40 heavy (non-hydrogen) atoms. The average molecular weight is 586 g/mol. The molecule has 0 fully saturated rings. The Morgan fingerprint density at radius 3 is 2.27 bits per heavy atom. The Morgan fingerprint density at radius 1 is 0.975 bits per heavy atom. The van der Waals surface area contributed by atoms with E-state index in [-0.39, 0.29) is 29.0 Å². The van der Waals surface area contributed by atoms with E-state index in [1.165, 1.54) is 24.1 Å². The van der Waals surface area contributed by atoms with Gasteiger partial charge in [-0.3, -0.25) is 13.9 Å². The molecule has 0 heterocycles. The van der Waals surface area contributed by atoms with Crippen molar-refractivity contribution in [3.05, 3.63) is 88.9 Å². The van der Waals surface area contributed by atoms with Gasteiger partial charge in [-0.1, -0.05) is 67.4 Å². The Balaban J connectivity index is 2.04. The summed E-state index contributed by atoms with van der Waals surface area (Å²) in [5.41, 5.74) is 1.79. The van der Waals surface area contributed by atoms with E-state index in [9.17, 15) is 18.0 Å². The molecule has 3 rings (SSSR count). The fraction of sp³-hybridized carbons (Fsp3) is 0.333. The summed E-state index contributed by atoms with van der Waals surface area (Å²) in [5.74, 6) is -0.260. The van der Waals surface area contributed by atoms with Crippen molar-refractivity contribution in [1.29, 1.82) is 0 Å². The first-order valence-electron chi connectivity index (χ1n) is 13.0. The van der Waals surface area contributed by atoms with Crippen LogP contribution >= 0.6 is 11.6 Å². The van der Waals surface area contributed by atoms with E-state index in [2.05, 4.69) is 5.32 Å². The van der Waals surface area contributed by atoms with Gasteiger partial charge in [-0.05, 0) is 55.7 Å². The average Bonchev–Trinajstić information content (AvgIpc) is 2.93. The Labute approximate surface area is 241 Å². The van der Waals surface area contributed by atoms with Gasteiger partial charge in [0.05, 0.1) is 17.7 Å². The number of hydrogen-bond donors (Lipinski definition) is 1. The first-order chi connectivity index (χ1) is 18.9. The maximum absolute atomic E-state index is 14.0.